The zero-order valence-electron chi connectivity index (χ0n) is 5.91. The van der Waals surface area contributed by atoms with Crippen molar-refractivity contribution in [2.24, 2.45) is 7.05 Å². The van der Waals surface area contributed by atoms with Gasteiger partial charge in [0.15, 0.2) is 0 Å². The third-order valence-electron chi connectivity index (χ3n) is 1.72. The summed E-state index contributed by atoms with van der Waals surface area (Å²) in [6.07, 6.45) is 4.18. The van der Waals surface area contributed by atoms with E-state index in [1.807, 2.05) is 7.05 Å². The van der Waals surface area contributed by atoms with Gasteiger partial charge in [0.25, 0.3) is 0 Å². The van der Waals surface area contributed by atoms with E-state index < -0.39 is 0 Å². The number of aromatic nitrogens is 1. The van der Waals surface area contributed by atoms with Gasteiger partial charge in [-0.2, -0.15) is 0 Å². The molecule has 1 nitrogen and oxygen atoms in total. The van der Waals surface area contributed by atoms with Gasteiger partial charge in [-0.1, -0.05) is 18.2 Å². The molecule has 0 saturated carbocycles. The lowest BCUT2D eigenvalue weighted by atomic mass is 10.2. The van der Waals surface area contributed by atoms with Gasteiger partial charge in [-0.25, -0.2) is 0 Å². The first-order valence-corrected chi connectivity index (χ1v) is 3.37. The van der Waals surface area contributed by atoms with Gasteiger partial charge in [0.2, 0.25) is 0 Å². The fourth-order valence-electron chi connectivity index (χ4n) is 1.18. The van der Waals surface area contributed by atoms with Crippen molar-refractivity contribution in [3.8, 4) is 11.1 Å². The molecule has 0 aromatic heterocycles. The maximum absolute atomic E-state index is 2.12. The predicted octanol–water partition coefficient (Wildman–Crippen LogP) is 2.13. The second kappa shape index (κ2) is 1.87. The van der Waals surface area contributed by atoms with Crippen LogP contribution in [0.15, 0.2) is 36.7 Å². The summed E-state index contributed by atoms with van der Waals surface area (Å²) in [5.41, 5.74) is 2.63. The van der Waals surface area contributed by atoms with Crippen LogP contribution in [0.5, 0.6) is 0 Å². The predicted molar refractivity (Wildman–Crippen MR) is 42.0 cm³/mol. The summed E-state index contributed by atoms with van der Waals surface area (Å²) in [5.74, 6) is 0. The Kier molecular flexibility index (Phi) is 1.04. The monoisotopic (exact) mass is 131 g/mol. The van der Waals surface area contributed by atoms with E-state index in [2.05, 4.69) is 41.2 Å². The zero-order valence-corrected chi connectivity index (χ0v) is 5.91. The van der Waals surface area contributed by atoms with Gasteiger partial charge in [-0.3, -0.25) is 0 Å². The Labute approximate surface area is 60.3 Å². The molecule has 50 valence electrons. The summed E-state index contributed by atoms with van der Waals surface area (Å²) in [6, 6.07) is 8.44. The van der Waals surface area contributed by atoms with Crippen LogP contribution in [0.2, 0.25) is 0 Å². The lowest BCUT2D eigenvalue weighted by molar-refractivity contribution is 0.906. The van der Waals surface area contributed by atoms with E-state index in [0.29, 0.717) is 0 Å². The minimum Gasteiger partial charge on any atom is -0.357 e. The first kappa shape index (κ1) is 5.54. The van der Waals surface area contributed by atoms with E-state index in [0.717, 1.165) is 0 Å². The van der Waals surface area contributed by atoms with E-state index in [-0.39, 0.29) is 0 Å². The van der Waals surface area contributed by atoms with Crippen molar-refractivity contribution in [2.45, 2.75) is 0 Å². The molecule has 0 radical (unpaired) electrons. The molecular weight excluding hydrogens is 122 g/mol. The third-order valence-corrected chi connectivity index (χ3v) is 1.72. The standard InChI is InChI=1S/C9H9N/c1-10-6-5-8-3-2-4-9(8)7-10/h2-7H,1H3. The highest BCUT2D eigenvalue weighted by atomic mass is 14.9. The Morgan fingerprint density at radius 2 is 1.90 bits per heavy atom. The van der Waals surface area contributed by atoms with Crippen LogP contribution in [0.25, 0.3) is 11.1 Å². The molecule has 2 aliphatic rings. The maximum atomic E-state index is 2.12. The van der Waals surface area contributed by atoms with Gasteiger partial charge in [0.05, 0.1) is 0 Å². The van der Waals surface area contributed by atoms with Crippen molar-refractivity contribution in [2.75, 3.05) is 0 Å². The molecule has 1 heterocycles. The van der Waals surface area contributed by atoms with Crippen LogP contribution in [0.4, 0.5) is 0 Å². The number of hydrogen-bond acceptors (Lipinski definition) is 0. The second-order valence-corrected chi connectivity index (χ2v) is 2.55. The van der Waals surface area contributed by atoms with E-state index >= 15 is 0 Å². The van der Waals surface area contributed by atoms with Gasteiger partial charge in [0, 0.05) is 19.4 Å². The number of fused-ring (bicyclic) bond motifs is 1. The molecule has 0 spiro atoms. The Bertz CT molecular complexity index is 309. The fourth-order valence-corrected chi connectivity index (χ4v) is 1.18. The molecule has 0 atom stereocenters. The van der Waals surface area contributed by atoms with E-state index in [9.17, 15) is 0 Å². The lowest BCUT2D eigenvalue weighted by Crippen LogP contribution is -1.88. The summed E-state index contributed by atoms with van der Waals surface area (Å²) in [5, 5.41) is 0. The summed E-state index contributed by atoms with van der Waals surface area (Å²) in [7, 11) is 2.03. The Morgan fingerprint density at radius 3 is 2.80 bits per heavy atom. The SMILES string of the molecule is Cn1ccc2cccc-2c1. The van der Waals surface area contributed by atoms with Crippen molar-refractivity contribution in [3.05, 3.63) is 36.7 Å². The minimum atomic E-state index is 1.31. The Hall–Kier alpha value is -1.24. The van der Waals surface area contributed by atoms with Crippen LogP contribution in [-0.4, -0.2) is 4.57 Å². The van der Waals surface area contributed by atoms with Crippen LogP contribution in [0.1, 0.15) is 0 Å². The van der Waals surface area contributed by atoms with Crippen LogP contribution >= 0.6 is 0 Å². The molecular formula is C9H9N. The topological polar surface area (TPSA) is 4.93 Å². The lowest BCUT2D eigenvalue weighted by Gasteiger charge is -2.01. The first-order chi connectivity index (χ1) is 4.86. The average Bonchev–Trinajstić information content (AvgIpc) is 2.33. The number of rotatable bonds is 0. The summed E-state index contributed by atoms with van der Waals surface area (Å²) < 4.78 is 2.06. The molecule has 0 amide bonds. The van der Waals surface area contributed by atoms with Gasteiger partial charge in [-0.15, -0.1) is 0 Å². The largest absolute Gasteiger partial charge is 0.357 e. The molecule has 0 bridgehead atoms. The van der Waals surface area contributed by atoms with Gasteiger partial charge in [0.1, 0.15) is 0 Å². The summed E-state index contributed by atoms with van der Waals surface area (Å²) >= 11 is 0. The Balaban J connectivity index is 2.75. The molecule has 10 heavy (non-hydrogen) atoms. The molecule has 0 N–H and O–H groups in total. The van der Waals surface area contributed by atoms with Crippen molar-refractivity contribution in [1.82, 2.24) is 4.57 Å². The molecule has 1 aliphatic carbocycles. The number of hydrogen-bond donors (Lipinski definition) is 0. The quantitative estimate of drug-likeness (QED) is 0.516. The van der Waals surface area contributed by atoms with E-state index in [1.165, 1.54) is 11.1 Å². The average molecular weight is 131 g/mol. The van der Waals surface area contributed by atoms with Gasteiger partial charge >= 0.3 is 0 Å². The molecule has 2 rings (SSSR count). The minimum absolute atomic E-state index is 1.31. The second-order valence-electron chi connectivity index (χ2n) is 2.55. The number of aryl methyl sites for hydroxylation is 1. The molecule has 1 heteroatoms. The van der Waals surface area contributed by atoms with Crippen LogP contribution < -0.4 is 0 Å². The van der Waals surface area contributed by atoms with Crippen molar-refractivity contribution in [1.29, 1.82) is 0 Å². The molecule has 1 aliphatic heterocycles. The molecule has 0 saturated heterocycles. The Morgan fingerprint density at radius 1 is 1.10 bits per heavy atom. The van der Waals surface area contributed by atoms with Gasteiger partial charge < -0.3 is 4.57 Å². The molecule has 0 fully saturated rings. The smallest absolute Gasteiger partial charge is 0.0110 e. The van der Waals surface area contributed by atoms with Crippen molar-refractivity contribution >= 4 is 0 Å². The highest BCUT2D eigenvalue weighted by Crippen LogP contribution is 2.20. The normalized spacial score (nSPS) is 10.5. The number of nitrogens with zero attached hydrogens (tertiary/aromatic N) is 1. The highest BCUT2D eigenvalue weighted by molar-refractivity contribution is 5.64. The van der Waals surface area contributed by atoms with Crippen LogP contribution in [-0.2, 0) is 7.05 Å². The summed E-state index contributed by atoms with van der Waals surface area (Å²) in [4.78, 5) is 0. The highest BCUT2D eigenvalue weighted by Gasteiger charge is 1.97. The third kappa shape index (κ3) is 0.711. The maximum Gasteiger partial charge on any atom is 0.0110 e. The van der Waals surface area contributed by atoms with Crippen LogP contribution in [0, 0.1) is 0 Å². The molecule has 0 aromatic carbocycles. The fraction of sp³-hybridized carbons (Fsp3) is 0.111. The van der Waals surface area contributed by atoms with E-state index in [4.69, 9.17) is 0 Å². The van der Waals surface area contributed by atoms with E-state index in [1.54, 1.807) is 0 Å². The van der Waals surface area contributed by atoms with Crippen molar-refractivity contribution in [3.63, 3.8) is 0 Å². The van der Waals surface area contributed by atoms with Crippen LogP contribution in [0.3, 0.4) is 0 Å². The number of pyridine rings is 1. The zero-order chi connectivity index (χ0) is 6.97. The van der Waals surface area contributed by atoms with Crippen molar-refractivity contribution < 1.29 is 0 Å². The van der Waals surface area contributed by atoms with Gasteiger partial charge in [-0.05, 0) is 17.2 Å². The summed E-state index contributed by atoms with van der Waals surface area (Å²) in [6.45, 7) is 0. The first-order valence-electron chi connectivity index (χ1n) is 3.37. The molecule has 0 aromatic rings. The molecule has 0 unspecified atom stereocenters.